The molecule has 0 spiro atoms. The number of hydrogen-bond acceptors (Lipinski definition) is 3. The van der Waals surface area contributed by atoms with Crippen LogP contribution in [0.25, 0.3) is 10.9 Å². The Morgan fingerprint density at radius 2 is 1.74 bits per heavy atom. The normalized spacial score (nSPS) is 11.0. The van der Waals surface area contributed by atoms with Gasteiger partial charge in [0.25, 0.3) is 11.5 Å². The molecule has 0 fully saturated rings. The van der Waals surface area contributed by atoms with Gasteiger partial charge in [-0.25, -0.2) is 0 Å². The third-order valence-electron chi connectivity index (χ3n) is 4.63. The van der Waals surface area contributed by atoms with Gasteiger partial charge in [-0.15, -0.1) is 0 Å². The van der Waals surface area contributed by atoms with Gasteiger partial charge in [0.05, 0.1) is 6.54 Å². The van der Waals surface area contributed by atoms with Crippen molar-refractivity contribution in [1.82, 2.24) is 4.98 Å². The third-order valence-corrected chi connectivity index (χ3v) is 4.63. The predicted molar refractivity (Wildman–Crippen MR) is 108 cm³/mol. The van der Waals surface area contributed by atoms with Gasteiger partial charge in [-0.1, -0.05) is 24.3 Å². The standard InChI is InChI=1S/C22H24N2O3/c1-14-6-8-17-11-18(22(26)23-19(17)9-14)12-24(21(25)13-27-4)20-10-15(2)5-7-16(20)3/h5-11H,12-13H2,1-4H3,(H,23,26). The monoisotopic (exact) mass is 364 g/mol. The molecule has 2 aromatic carbocycles. The summed E-state index contributed by atoms with van der Waals surface area (Å²) in [6, 6.07) is 13.7. The molecule has 1 amide bonds. The first-order valence-corrected chi connectivity index (χ1v) is 8.88. The van der Waals surface area contributed by atoms with E-state index in [-0.39, 0.29) is 24.6 Å². The zero-order valence-corrected chi connectivity index (χ0v) is 16.1. The second-order valence-corrected chi connectivity index (χ2v) is 6.92. The SMILES string of the molecule is COCC(=O)N(Cc1cc2ccc(C)cc2[nH]c1=O)c1cc(C)ccc1C. The Bertz CT molecular complexity index is 1050. The molecule has 0 atom stereocenters. The number of pyridine rings is 1. The number of carbonyl (C=O) groups is 1. The van der Waals surface area contributed by atoms with Gasteiger partial charge in [-0.05, 0) is 61.0 Å². The van der Waals surface area contributed by atoms with Crippen LogP contribution in [-0.4, -0.2) is 24.6 Å². The molecule has 27 heavy (non-hydrogen) atoms. The van der Waals surface area contributed by atoms with Gasteiger partial charge >= 0.3 is 0 Å². The molecule has 0 saturated heterocycles. The number of nitrogens with one attached hydrogen (secondary N) is 1. The highest BCUT2D eigenvalue weighted by Crippen LogP contribution is 2.24. The number of anilines is 1. The Balaban J connectivity index is 2.06. The molecule has 0 saturated carbocycles. The van der Waals surface area contributed by atoms with E-state index >= 15 is 0 Å². The van der Waals surface area contributed by atoms with Crippen molar-refractivity contribution in [1.29, 1.82) is 0 Å². The van der Waals surface area contributed by atoms with E-state index in [4.69, 9.17) is 4.74 Å². The molecule has 0 aliphatic rings. The van der Waals surface area contributed by atoms with Crippen LogP contribution in [0.15, 0.2) is 47.3 Å². The van der Waals surface area contributed by atoms with Crippen LogP contribution in [0.1, 0.15) is 22.3 Å². The zero-order valence-electron chi connectivity index (χ0n) is 16.1. The first kappa shape index (κ1) is 18.9. The minimum Gasteiger partial charge on any atom is -0.375 e. The van der Waals surface area contributed by atoms with Gasteiger partial charge in [-0.2, -0.15) is 0 Å². The highest BCUT2D eigenvalue weighted by atomic mass is 16.5. The number of carbonyl (C=O) groups excluding carboxylic acids is 1. The van der Waals surface area contributed by atoms with Gasteiger partial charge in [0.1, 0.15) is 6.61 Å². The van der Waals surface area contributed by atoms with E-state index in [1.54, 1.807) is 4.90 Å². The number of benzene rings is 2. The number of methoxy groups -OCH3 is 1. The molecule has 0 aliphatic heterocycles. The van der Waals surface area contributed by atoms with E-state index in [1.165, 1.54) is 7.11 Å². The Labute approximate surface area is 158 Å². The van der Waals surface area contributed by atoms with E-state index < -0.39 is 0 Å². The Morgan fingerprint density at radius 1 is 1.04 bits per heavy atom. The lowest BCUT2D eigenvalue weighted by Crippen LogP contribution is -2.35. The molecular formula is C22H24N2O3. The van der Waals surface area contributed by atoms with Crippen molar-refractivity contribution < 1.29 is 9.53 Å². The Hall–Kier alpha value is -2.92. The first-order valence-electron chi connectivity index (χ1n) is 8.88. The largest absolute Gasteiger partial charge is 0.375 e. The van der Waals surface area contributed by atoms with E-state index in [9.17, 15) is 9.59 Å². The lowest BCUT2D eigenvalue weighted by molar-refractivity contribution is -0.122. The minimum atomic E-state index is -0.186. The van der Waals surface area contributed by atoms with E-state index in [0.717, 1.165) is 33.3 Å². The number of aryl methyl sites for hydroxylation is 3. The maximum Gasteiger partial charge on any atom is 0.253 e. The molecule has 3 aromatic rings. The number of aromatic amines is 1. The molecule has 0 bridgehead atoms. The summed E-state index contributed by atoms with van der Waals surface area (Å²) in [5.41, 5.74) is 5.04. The van der Waals surface area contributed by atoms with Crippen LogP contribution in [0.4, 0.5) is 5.69 Å². The molecule has 0 aliphatic carbocycles. The van der Waals surface area contributed by atoms with Crippen LogP contribution in [-0.2, 0) is 16.1 Å². The highest BCUT2D eigenvalue weighted by Gasteiger charge is 2.20. The average molecular weight is 364 g/mol. The average Bonchev–Trinajstić information content (AvgIpc) is 2.62. The maximum atomic E-state index is 12.7. The van der Waals surface area contributed by atoms with Gasteiger partial charge in [0.2, 0.25) is 0 Å². The third kappa shape index (κ3) is 4.09. The second-order valence-electron chi connectivity index (χ2n) is 6.92. The summed E-state index contributed by atoms with van der Waals surface area (Å²) in [4.78, 5) is 29.9. The molecule has 5 nitrogen and oxygen atoms in total. The van der Waals surface area contributed by atoms with Crippen molar-refractivity contribution in [2.24, 2.45) is 0 Å². The Morgan fingerprint density at radius 3 is 2.48 bits per heavy atom. The second kappa shape index (κ2) is 7.76. The number of rotatable bonds is 5. The number of hydrogen-bond donors (Lipinski definition) is 1. The lowest BCUT2D eigenvalue weighted by atomic mass is 10.1. The summed E-state index contributed by atoms with van der Waals surface area (Å²) in [5.74, 6) is -0.186. The molecule has 1 aromatic heterocycles. The van der Waals surface area contributed by atoms with E-state index in [1.807, 2.05) is 63.2 Å². The van der Waals surface area contributed by atoms with Crippen LogP contribution in [0.3, 0.4) is 0 Å². The summed E-state index contributed by atoms with van der Waals surface area (Å²) in [6.07, 6.45) is 0. The minimum absolute atomic E-state index is 0.0436. The van der Waals surface area contributed by atoms with Gasteiger partial charge < -0.3 is 14.6 Å². The number of nitrogens with zero attached hydrogens (tertiary/aromatic N) is 1. The highest BCUT2D eigenvalue weighted by molar-refractivity contribution is 5.95. The molecule has 0 unspecified atom stereocenters. The fourth-order valence-corrected chi connectivity index (χ4v) is 3.17. The molecule has 140 valence electrons. The summed E-state index contributed by atoms with van der Waals surface area (Å²) < 4.78 is 5.05. The maximum absolute atomic E-state index is 12.7. The fourth-order valence-electron chi connectivity index (χ4n) is 3.17. The van der Waals surface area contributed by atoms with Crippen molar-refractivity contribution in [3.63, 3.8) is 0 Å². The van der Waals surface area contributed by atoms with Gasteiger partial charge in [0.15, 0.2) is 0 Å². The summed E-state index contributed by atoms with van der Waals surface area (Å²) >= 11 is 0. The quantitative estimate of drug-likeness (QED) is 0.752. The van der Waals surface area contributed by atoms with Crippen LogP contribution >= 0.6 is 0 Å². The smallest absolute Gasteiger partial charge is 0.253 e. The van der Waals surface area contributed by atoms with Crippen LogP contribution in [0, 0.1) is 20.8 Å². The van der Waals surface area contributed by atoms with Gasteiger partial charge in [0, 0.05) is 23.9 Å². The van der Waals surface area contributed by atoms with Crippen molar-refractivity contribution in [2.75, 3.05) is 18.6 Å². The topological polar surface area (TPSA) is 62.4 Å². The van der Waals surface area contributed by atoms with Crippen molar-refractivity contribution in [3.8, 4) is 0 Å². The number of ether oxygens (including phenoxy) is 1. The molecule has 1 heterocycles. The number of amides is 1. The lowest BCUT2D eigenvalue weighted by Gasteiger charge is -2.25. The number of fused-ring (bicyclic) bond motifs is 1. The van der Waals surface area contributed by atoms with Crippen molar-refractivity contribution in [3.05, 3.63) is 75.1 Å². The molecule has 3 rings (SSSR count). The summed E-state index contributed by atoms with van der Waals surface area (Å²) in [5, 5.41) is 0.940. The fraction of sp³-hybridized carbons (Fsp3) is 0.273. The molecule has 1 N–H and O–H groups in total. The van der Waals surface area contributed by atoms with Crippen LogP contribution in [0.5, 0.6) is 0 Å². The Kier molecular flexibility index (Phi) is 5.42. The van der Waals surface area contributed by atoms with Gasteiger partial charge in [-0.3, -0.25) is 9.59 Å². The predicted octanol–water partition coefficient (Wildman–Crippen LogP) is 3.63. The van der Waals surface area contributed by atoms with Crippen LogP contribution in [0.2, 0.25) is 0 Å². The summed E-state index contributed by atoms with van der Waals surface area (Å²) in [7, 11) is 1.49. The number of H-pyrrole nitrogens is 1. The van der Waals surface area contributed by atoms with Crippen molar-refractivity contribution in [2.45, 2.75) is 27.3 Å². The number of aromatic nitrogens is 1. The molecule has 0 radical (unpaired) electrons. The van der Waals surface area contributed by atoms with E-state index in [2.05, 4.69) is 4.98 Å². The first-order chi connectivity index (χ1) is 12.9. The van der Waals surface area contributed by atoms with Crippen LogP contribution < -0.4 is 10.5 Å². The summed E-state index contributed by atoms with van der Waals surface area (Å²) in [6.45, 7) is 6.06. The molecular weight excluding hydrogens is 340 g/mol. The zero-order chi connectivity index (χ0) is 19.6. The van der Waals surface area contributed by atoms with E-state index in [0.29, 0.717) is 5.56 Å². The molecule has 5 heteroatoms. The van der Waals surface area contributed by atoms with Crippen molar-refractivity contribution >= 4 is 22.5 Å².